The summed E-state index contributed by atoms with van der Waals surface area (Å²) >= 11 is 0. The van der Waals surface area contributed by atoms with E-state index in [1.807, 2.05) is 0 Å². The van der Waals surface area contributed by atoms with Gasteiger partial charge in [0.2, 0.25) is 0 Å². The van der Waals surface area contributed by atoms with Crippen LogP contribution in [-0.4, -0.2) is 35.2 Å². The van der Waals surface area contributed by atoms with Crippen LogP contribution >= 0.6 is 0 Å². The fourth-order valence-electron chi connectivity index (χ4n) is 3.02. The van der Waals surface area contributed by atoms with E-state index in [0.717, 1.165) is 12.8 Å². The number of carbonyl (C=O) groups excluding carboxylic acids is 2. The van der Waals surface area contributed by atoms with Crippen LogP contribution in [0.1, 0.15) is 53.0 Å². The van der Waals surface area contributed by atoms with E-state index in [9.17, 15) is 9.59 Å². The lowest BCUT2D eigenvalue weighted by Gasteiger charge is -2.22. The van der Waals surface area contributed by atoms with Gasteiger partial charge in [-0.1, -0.05) is 25.3 Å². The second-order valence-electron chi connectivity index (χ2n) is 6.31. The van der Waals surface area contributed by atoms with E-state index in [4.69, 9.17) is 0 Å². The number of hydrogen-bond donors (Lipinski definition) is 2. The molecule has 26 heavy (non-hydrogen) atoms. The molecule has 0 saturated heterocycles. The molecule has 1 amide bonds. The Balaban J connectivity index is 1.62. The van der Waals surface area contributed by atoms with Crippen molar-refractivity contribution in [1.82, 2.24) is 10.2 Å². The Morgan fingerprint density at radius 3 is 2.58 bits per heavy atom. The topological polar surface area (TPSA) is 93.2 Å². The molecule has 7 heteroatoms. The molecule has 1 aliphatic rings. The third-order valence-corrected chi connectivity index (χ3v) is 4.40. The van der Waals surface area contributed by atoms with Crippen molar-refractivity contribution >= 4 is 23.4 Å². The van der Waals surface area contributed by atoms with Gasteiger partial charge in [-0.05, 0) is 43.2 Å². The van der Waals surface area contributed by atoms with Crippen molar-refractivity contribution in [1.29, 1.82) is 0 Å². The number of methoxy groups -OCH3 is 1. The summed E-state index contributed by atoms with van der Waals surface area (Å²) in [4.78, 5) is 23.9. The maximum absolute atomic E-state index is 12.3. The summed E-state index contributed by atoms with van der Waals surface area (Å²) in [7, 11) is 1.31. The highest BCUT2D eigenvalue weighted by Crippen LogP contribution is 2.20. The minimum absolute atomic E-state index is 0.211. The van der Waals surface area contributed by atoms with Crippen LogP contribution < -0.4 is 10.6 Å². The highest BCUT2D eigenvalue weighted by molar-refractivity contribution is 6.03. The van der Waals surface area contributed by atoms with Gasteiger partial charge in [-0.3, -0.25) is 4.79 Å². The van der Waals surface area contributed by atoms with Crippen LogP contribution in [-0.2, 0) is 4.74 Å². The maximum Gasteiger partial charge on any atom is 0.337 e. The van der Waals surface area contributed by atoms with Crippen molar-refractivity contribution in [3.8, 4) is 0 Å². The van der Waals surface area contributed by atoms with Crippen molar-refractivity contribution in [2.24, 2.45) is 0 Å². The van der Waals surface area contributed by atoms with Crippen molar-refractivity contribution < 1.29 is 14.3 Å². The lowest BCUT2D eigenvalue weighted by Crippen LogP contribution is -2.23. The van der Waals surface area contributed by atoms with Crippen LogP contribution in [0.3, 0.4) is 0 Å². The smallest absolute Gasteiger partial charge is 0.337 e. The molecular formula is C19H22N4O3. The minimum Gasteiger partial charge on any atom is -0.465 e. The average Bonchev–Trinajstić information content (AvgIpc) is 2.69. The third kappa shape index (κ3) is 4.56. The van der Waals surface area contributed by atoms with E-state index in [1.54, 1.807) is 36.4 Å². The first kappa shape index (κ1) is 17.8. The Labute approximate surface area is 152 Å². The Bertz CT molecular complexity index is 771. The zero-order chi connectivity index (χ0) is 18.4. The number of amides is 1. The first-order chi connectivity index (χ1) is 12.7. The predicted octanol–water partition coefficient (Wildman–Crippen LogP) is 3.26. The van der Waals surface area contributed by atoms with Gasteiger partial charge in [0, 0.05) is 11.7 Å². The van der Waals surface area contributed by atoms with Crippen LogP contribution in [0.25, 0.3) is 0 Å². The van der Waals surface area contributed by atoms with Crippen molar-refractivity contribution in [2.45, 2.75) is 38.1 Å². The Morgan fingerprint density at radius 2 is 1.88 bits per heavy atom. The van der Waals surface area contributed by atoms with Gasteiger partial charge < -0.3 is 15.4 Å². The Kier molecular flexibility index (Phi) is 5.78. The molecule has 1 aromatic carbocycles. The van der Waals surface area contributed by atoms with Crippen LogP contribution in [0.5, 0.6) is 0 Å². The van der Waals surface area contributed by atoms with Gasteiger partial charge in [0.15, 0.2) is 5.69 Å². The number of hydrogen-bond acceptors (Lipinski definition) is 6. The van der Waals surface area contributed by atoms with Gasteiger partial charge in [-0.2, -0.15) is 0 Å². The second kappa shape index (κ2) is 8.42. The van der Waals surface area contributed by atoms with Crippen molar-refractivity contribution in [2.75, 3.05) is 17.7 Å². The zero-order valence-electron chi connectivity index (χ0n) is 14.7. The zero-order valence-corrected chi connectivity index (χ0v) is 14.7. The molecule has 1 aliphatic carbocycles. The van der Waals surface area contributed by atoms with E-state index < -0.39 is 5.97 Å². The van der Waals surface area contributed by atoms with E-state index in [-0.39, 0.29) is 11.6 Å². The molecule has 1 saturated carbocycles. The molecule has 0 atom stereocenters. The quantitative estimate of drug-likeness (QED) is 0.801. The van der Waals surface area contributed by atoms with Gasteiger partial charge >= 0.3 is 5.97 Å². The van der Waals surface area contributed by atoms with E-state index >= 15 is 0 Å². The fourth-order valence-corrected chi connectivity index (χ4v) is 3.02. The van der Waals surface area contributed by atoms with Crippen LogP contribution in [0.4, 0.5) is 11.5 Å². The number of aromatic nitrogens is 2. The first-order valence-corrected chi connectivity index (χ1v) is 8.76. The molecule has 0 bridgehead atoms. The summed E-state index contributed by atoms with van der Waals surface area (Å²) < 4.78 is 4.68. The summed E-state index contributed by atoms with van der Waals surface area (Å²) in [6.45, 7) is 0. The molecule has 1 fully saturated rings. The summed E-state index contributed by atoms with van der Waals surface area (Å²) in [5.41, 5.74) is 1.06. The van der Waals surface area contributed by atoms with Gasteiger partial charge in [0.25, 0.3) is 5.91 Å². The number of esters is 1. The van der Waals surface area contributed by atoms with Crippen molar-refractivity contribution in [3.05, 3.63) is 47.7 Å². The molecule has 1 heterocycles. The summed E-state index contributed by atoms with van der Waals surface area (Å²) in [5.74, 6) is -0.163. The highest BCUT2D eigenvalue weighted by atomic mass is 16.5. The standard InChI is InChI=1S/C19H22N4O3/c1-26-19(25)13-6-5-9-15(12-13)21-18(24)16-10-11-17(23-22-16)20-14-7-3-2-4-8-14/h5-6,9-12,14H,2-4,7-8H2,1H3,(H,20,23)(H,21,24). The number of nitrogens with zero attached hydrogens (tertiary/aromatic N) is 2. The van der Waals surface area contributed by atoms with Crippen LogP contribution in [0.2, 0.25) is 0 Å². The normalized spacial score (nSPS) is 14.5. The molecule has 0 unspecified atom stereocenters. The lowest BCUT2D eigenvalue weighted by atomic mass is 9.95. The number of ether oxygens (including phenoxy) is 1. The third-order valence-electron chi connectivity index (χ3n) is 4.40. The number of rotatable bonds is 5. The molecule has 7 nitrogen and oxygen atoms in total. The molecule has 0 spiro atoms. The predicted molar refractivity (Wildman–Crippen MR) is 98.3 cm³/mol. The fraction of sp³-hybridized carbons (Fsp3) is 0.368. The molecule has 2 N–H and O–H groups in total. The summed E-state index contributed by atoms with van der Waals surface area (Å²) in [5, 5.41) is 14.2. The summed E-state index contributed by atoms with van der Waals surface area (Å²) in [6.07, 6.45) is 6.04. The van der Waals surface area contributed by atoms with E-state index in [0.29, 0.717) is 23.1 Å². The monoisotopic (exact) mass is 354 g/mol. The Morgan fingerprint density at radius 1 is 1.08 bits per heavy atom. The minimum atomic E-state index is -0.459. The van der Waals surface area contributed by atoms with Crippen LogP contribution in [0.15, 0.2) is 36.4 Å². The number of carbonyl (C=O) groups is 2. The SMILES string of the molecule is COC(=O)c1cccc(NC(=O)c2ccc(NC3CCCCC3)nn2)c1. The largest absolute Gasteiger partial charge is 0.465 e. The average molecular weight is 354 g/mol. The molecule has 3 rings (SSSR count). The van der Waals surface area contributed by atoms with Gasteiger partial charge in [0.1, 0.15) is 5.82 Å². The molecule has 0 radical (unpaired) electrons. The second-order valence-corrected chi connectivity index (χ2v) is 6.31. The number of anilines is 2. The van der Waals surface area contributed by atoms with Gasteiger partial charge in [0.05, 0.1) is 12.7 Å². The van der Waals surface area contributed by atoms with E-state index in [2.05, 4.69) is 25.6 Å². The van der Waals surface area contributed by atoms with Gasteiger partial charge in [-0.15, -0.1) is 10.2 Å². The van der Waals surface area contributed by atoms with Gasteiger partial charge in [-0.25, -0.2) is 4.79 Å². The van der Waals surface area contributed by atoms with E-state index in [1.165, 1.54) is 26.4 Å². The summed E-state index contributed by atoms with van der Waals surface area (Å²) in [6, 6.07) is 10.4. The molecule has 0 aliphatic heterocycles. The lowest BCUT2D eigenvalue weighted by molar-refractivity contribution is 0.0600. The van der Waals surface area contributed by atoms with Crippen LogP contribution in [0, 0.1) is 0 Å². The molecule has 136 valence electrons. The number of benzene rings is 1. The molecule has 1 aromatic heterocycles. The molecular weight excluding hydrogens is 332 g/mol. The highest BCUT2D eigenvalue weighted by Gasteiger charge is 2.15. The maximum atomic E-state index is 12.3. The first-order valence-electron chi connectivity index (χ1n) is 8.76. The number of nitrogens with one attached hydrogen (secondary N) is 2. The Hall–Kier alpha value is -2.96. The van der Waals surface area contributed by atoms with Crippen molar-refractivity contribution in [3.63, 3.8) is 0 Å². The molecule has 2 aromatic rings.